The quantitative estimate of drug-likeness (QED) is 0.408. The van der Waals surface area contributed by atoms with Gasteiger partial charge in [0.15, 0.2) is 0 Å². The summed E-state index contributed by atoms with van der Waals surface area (Å²) in [7, 11) is 3.59. The van der Waals surface area contributed by atoms with E-state index in [2.05, 4.69) is 4.99 Å². The van der Waals surface area contributed by atoms with Gasteiger partial charge in [-0.15, -0.1) is 0 Å². The summed E-state index contributed by atoms with van der Waals surface area (Å²) in [5.41, 5.74) is 0.152. The van der Waals surface area contributed by atoms with E-state index in [1.165, 1.54) is 22.2 Å². The third-order valence-electron chi connectivity index (χ3n) is 3.89. The third-order valence-corrected chi connectivity index (χ3v) is 4.56. The van der Waals surface area contributed by atoms with Gasteiger partial charge in [0.1, 0.15) is 12.0 Å². The standard InChI is InChI=1S/C16H18FIN4O2/c1-20(2)9-19-14-8-15(23)21(11-4-5-11)16(24)22(14)13-6-3-10(18)7-12(13)17/h3,6-7,9,11,14H,4-5,8H2,1-2H3/b19-9+. The third kappa shape index (κ3) is 3.38. The Labute approximate surface area is 153 Å². The van der Waals surface area contributed by atoms with E-state index in [1.54, 1.807) is 31.1 Å². The minimum atomic E-state index is -0.739. The SMILES string of the molecule is CN(C)/C=N/C1CC(=O)N(C2CC2)C(=O)N1c1ccc(I)cc1F. The molecule has 0 radical (unpaired) electrons. The lowest BCUT2D eigenvalue weighted by molar-refractivity contribution is -0.130. The van der Waals surface area contributed by atoms with Crippen LogP contribution in [0.2, 0.25) is 0 Å². The van der Waals surface area contributed by atoms with Gasteiger partial charge in [0.25, 0.3) is 0 Å². The fraction of sp³-hybridized carbons (Fsp3) is 0.438. The smallest absolute Gasteiger partial charge is 0.333 e. The number of nitrogens with zero attached hydrogens (tertiary/aromatic N) is 4. The van der Waals surface area contributed by atoms with Crippen LogP contribution in [-0.2, 0) is 4.79 Å². The number of aliphatic imine (C=N–C) groups is 1. The first-order chi connectivity index (χ1) is 11.4. The van der Waals surface area contributed by atoms with E-state index in [9.17, 15) is 14.0 Å². The van der Waals surface area contributed by atoms with Crippen LogP contribution in [0.3, 0.4) is 0 Å². The van der Waals surface area contributed by atoms with Crippen LogP contribution in [0.4, 0.5) is 14.9 Å². The van der Waals surface area contributed by atoms with E-state index in [4.69, 9.17) is 0 Å². The van der Waals surface area contributed by atoms with Crippen molar-refractivity contribution in [3.63, 3.8) is 0 Å². The molecule has 1 aromatic carbocycles. The van der Waals surface area contributed by atoms with Gasteiger partial charge in [-0.25, -0.2) is 14.2 Å². The lowest BCUT2D eigenvalue weighted by atomic mass is 10.1. The van der Waals surface area contributed by atoms with E-state index in [-0.39, 0.29) is 24.1 Å². The van der Waals surface area contributed by atoms with Gasteiger partial charge < -0.3 is 4.90 Å². The molecular weight excluding hydrogens is 426 g/mol. The summed E-state index contributed by atoms with van der Waals surface area (Å²) < 4.78 is 15.2. The Kier molecular flexibility index (Phi) is 4.75. The topological polar surface area (TPSA) is 56.2 Å². The molecule has 1 aliphatic heterocycles. The lowest BCUT2D eigenvalue weighted by Gasteiger charge is -2.38. The van der Waals surface area contributed by atoms with Gasteiger partial charge in [-0.3, -0.25) is 14.6 Å². The number of imide groups is 1. The van der Waals surface area contributed by atoms with Crippen LogP contribution in [-0.4, -0.2) is 54.4 Å². The number of carbonyl (C=O) groups excluding carboxylic acids is 2. The molecular formula is C16H18FIN4O2. The highest BCUT2D eigenvalue weighted by Crippen LogP contribution is 2.35. The Balaban J connectivity index is 2.00. The maximum Gasteiger partial charge on any atom is 0.333 e. The molecule has 3 rings (SSSR count). The molecule has 1 unspecified atom stereocenters. The minimum absolute atomic E-state index is 0.0536. The van der Waals surface area contributed by atoms with Gasteiger partial charge >= 0.3 is 6.03 Å². The molecule has 0 bridgehead atoms. The minimum Gasteiger partial charge on any atom is -0.369 e. The largest absolute Gasteiger partial charge is 0.369 e. The average Bonchev–Trinajstić information content (AvgIpc) is 3.31. The van der Waals surface area contributed by atoms with E-state index >= 15 is 0 Å². The first-order valence-corrected chi connectivity index (χ1v) is 8.76. The zero-order valence-electron chi connectivity index (χ0n) is 13.4. The summed E-state index contributed by atoms with van der Waals surface area (Å²) in [4.78, 5) is 33.8. The summed E-state index contributed by atoms with van der Waals surface area (Å²) in [5, 5.41) is 0. The molecule has 1 saturated heterocycles. The highest BCUT2D eigenvalue weighted by atomic mass is 127. The van der Waals surface area contributed by atoms with E-state index in [0.29, 0.717) is 0 Å². The lowest BCUT2D eigenvalue weighted by Crippen LogP contribution is -2.57. The number of rotatable bonds is 4. The Morgan fingerprint density at radius 2 is 2.00 bits per heavy atom. The molecule has 6 nitrogen and oxygen atoms in total. The van der Waals surface area contributed by atoms with Crippen LogP contribution in [0.15, 0.2) is 23.2 Å². The Morgan fingerprint density at radius 3 is 2.58 bits per heavy atom. The van der Waals surface area contributed by atoms with E-state index in [1.807, 2.05) is 22.6 Å². The monoisotopic (exact) mass is 444 g/mol. The highest BCUT2D eigenvalue weighted by molar-refractivity contribution is 14.1. The van der Waals surface area contributed by atoms with Gasteiger partial charge in [0, 0.05) is 23.7 Å². The number of benzene rings is 1. The molecule has 128 valence electrons. The van der Waals surface area contributed by atoms with Crippen molar-refractivity contribution < 1.29 is 14.0 Å². The number of hydrogen-bond donors (Lipinski definition) is 0. The Hall–Kier alpha value is -1.71. The fourth-order valence-electron chi connectivity index (χ4n) is 2.66. The second kappa shape index (κ2) is 6.66. The zero-order valence-corrected chi connectivity index (χ0v) is 15.6. The predicted molar refractivity (Wildman–Crippen MR) is 97.4 cm³/mol. The summed E-state index contributed by atoms with van der Waals surface area (Å²) in [5.74, 6) is -0.740. The molecule has 1 aromatic rings. The van der Waals surface area contributed by atoms with Crippen LogP contribution in [0.1, 0.15) is 19.3 Å². The number of anilines is 1. The maximum absolute atomic E-state index is 14.5. The van der Waals surface area contributed by atoms with Gasteiger partial charge in [-0.1, -0.05) is 0 Å². The van der Waals surface area contributed by atoms with Gasteiger partial charge in [-0.2, -0.15) is 0 Å². The van der Waals surface area contributed by atoms with Crippen LogP contribution in [0.25, 0.3) is 0 Å². The van der Waals surface area contributed by atoms with Crippen LogP contribution < -0.4 is 4.90 Å². The van der Waals surface area contributed by atoms with Crippen molar-refractivity contribution in [2.75, 3.05) is 19.0 Å². The molecule has 1 heterocycles. The first-order valence-electron chi connectivity index (χ1n) is 7.68. The number of halogens is 2. The molecule has 0 spiro atoms. The molecule has 0 N–H and O–H groups in total. The summed E-state index contributed by atoms with van der Waals surface area (Å²) in [6.45, 7) is 0. The van der Waals surface area contributed by atoms with E-state index < -0.39 is 18.0 Å². The fourth-order valence-corrected chi connectivity index (χ4v) is 3.11. The number of amides is 3. The zero-order chi connectivity index (χ0) is 17.4. The second-order valence-electron chi connectivity index (χ2n) is 6.16. The molecule has 2 aliphatic rings. The number of carbonyl (C=O) groups is 2. The number of urea groups is 1. The van der Waals surface area contributed by atoms with Gasteiger partial charge in [0.2, 0.25) is 5.91 Å². The molecule has 1 atom stereocenters. The molecule has 2 fully saturated rings. The van der Waals surface area contributed by atoms with Crippen molar-refractivity contribution in [1.29, 1.82) is 0 Å². The van der Waals surface area contributed by atoms with Crippen molar-refractivity contribution in [3.05, 3.63) is 27.6 Å². The van der Waals surface area contributed by atoms with Crippen molar-refractivity contribution in [1.82, 2.24) is 9.80 Å². The van der Waals surface area contributed by atoms with Crippen molar-refractivity contribution in [3.8, 4) is 0 Å². The van der Waals surface area contributed by atoms with Gasteiger partial charge in [0.05, 0.1) is 18.4 Å². The van der Waals surface area contributed by atoms with E-state index in [0.717, 1.165) is 16.4 Å². The summed E-state index contributed by atoms with van der Waals surface area (Å²) in [6, 6.07) is 4.12. The Morgan fingerprint density at radius 1 is 1.29 bits per heavy atom. The first kappa shape index (κ1) is 17.1. The van der Waals surface area contributed by atoms with Crippen molar-refractivity contribution >= 4 is 46.6 Å². The number of hydrogen-bond acceptors (Lipinski definition) is 3. The van der Waals surface area contributed by atoms with Crippen LogP contribution in [0.5, 0.6) is 0 Å². The molecule has 1 saturated carbocycles. The predicted octanol–water partition coefficient (Wildman–Crippen LogP) is 2.67. The molecule has 3 amide bonds. The maximum atomic E-state index is 14.5. The normalized spacial score (nSPS) is 21.8. The van der Waals surface area contributed by atoms with Gasteiger partial charge in [-0.05, 0) is 53.6 Å². The molecule has 8 heteroatoms. The van der Waals surface area contributed by atoms with Crippen molar-refractivity contribution in [2.24, 2.45) is 4.99 Å². The summed E-state index contributed by atoms with van der Waals surface area (Å²) in [6.07, 6.45) is 2.48. The molecule has 24 heavy (non-hydrogen) atoms. The highest BCUT2D eigenvalue weighted by Gasteiger charge is 2.46. The Bertz CT molecular complexity index is 705. The summed E-state index contributed by atoms with van der Waals surface area (Å²) >= 11 is 2.01. The van der Waals surface area contributed by atoms with Crippen LogP contribution in [0, 0.1) is 9.39 Å². The second-order valence-corrected chi connectivity index (χ2v) is 7.40. The van der Waals surface area contributed by atoms with Crippen LogP contribution >= 0.6 is 22.6 Å². The average molecular weight is 444 g/mol. The van der Waals surface area contributed by atoms with Crippen molar-refractivity contribution in [2.45, 2.75) is 31.5 Å². The molecule has 0 aromatic heterocycles. The molecule has 1 aliphatic carbocycles.